The van der Waals surface area contributed by atoms with Gasteiger partial charge < -0.3 is 15.1 Å². The van der Waals surface area contributed by atoms with Gasteiger partial charge in [-0.1, -0.05) is 30.3 Å². The Morgan fingerprint density at radius 2 is 1.77 bits per heavy atom. The van der Waals surface area contributed by atoms with E-state index in [1.165, 1.54) is 4.57 Å². The predicted molar refractivity (Wildman–Crippen MR) is 83.9 cm³/mol. The topological polar surface area (TPSA) is 76.3 Å². The summed E-state index contributed by atoms with van der Waals surface area (Å²) in [5.41, 5.74) is 1.98. The van der Waals surface area contributed by atoms with E-state index in [-0.39, 0.29) is 6.03 Å². The van der Waals surface area contributed by atoms with Gasteiger partial charge in [-0.25, -0.2) is 9.59 Å². The molecule has 0 fully saturated rings. The van der Waals surface area contributed by atoms with Crippen molar-refractivity contribution in [2.75, 3.05) is 11.9 Å². The number of carbonyl (C=O) groups is 1. The molecule has 0 aliphatic rings. The predicted octanol–water partition coefficient (Wildman–Crippen LogP) is 2.42. The zero-order valence-electron chi connectivity index (χ0n) is 11.8. The quantitative estimate of drug-likeness (QED) is 0.776. The third-order valence-electron chi connectivity index (χ3n) is 3.23. The fourth-order valence-electron chi connectivity index (χ4n) is 2.20. The van der Waals surface area contributed by atoms with Gasteiger partial charge in [0, 0.05) is 18.8 Å². The number of hydrogen-bond acceptors (Lipinski definition) is 3. The zero-order chi connectivity index (χ0) is 15.4. The van der Waals surface area contributed by atoms with Crippen molar-refractivity contribution in [2.45, 2.75) is 6.54 Å². The third-order valence-corrected chi connectivity index (χ3v) is 3.23. The molecule has 0 aliphatic carbocycles. The van der Waals surface area contributed by atoms with E-state index in [1.807, 2.05) is 30.3 Å². The number of anilines is 1. The summed E-state index contributed by atoms with van der Waals surface area (Å²) in [6, 6.07) is 16.0. The van der Waals surface area contributed by atoms with Crippen molar-refractivity contribution < 1.29 is 9.21 Å². The molecule has 3 aromatic rings. The lowest BCUT2D eigenvalue weighted by molar-refractivity contribution is 0.251. The van der Waals surface area contributed by atoms with Crippen LogP contribution in [0.4, 0.5) is 10.5 Å². The SMILES string of the molecule is O=C(NCCn1c(=O)oc2ccccc21)Nc1ccccc1. The number of carbonyl (C=O) groups excluding carboxylic acids is 1. The van der Waals surface area contributed by atoms with Crippen molar-refractivity contribution in [1.82, 2.24) is 9.88 Å². The summed E-state index contributed by atoms with van der Waals surface area (Å²) in [7, 11) is 0. The number of amides is 2. The lowest BCUT2D eigenvalue weighted by Crippen LogP contribution is -2.32. The third kappa shape index (κ3) is 3.01. The van der Waals surface area contributed by atoms with Crippen LogP contribution in [0.15, 0.2) is 63.8 Å². The molecule has 1 heterocycles. The minimum atomic E-state index is -0.425. The van der Waals surface area contributed by atoms with E-state index in [2.05, 4.69) is 10.6 Å². The monoisotopic (exact) mass is 297 g/mol. The Bertz CT molecular complexity index is 836. The van der Waals surface area contributed by atoms with Crippen LogP contribution in [0.25, 0.3) is 11.1 Å². The van der Waals surface area contributed by atoms with Crippen LogP contribution in [0.1, 0.15) is 0 Å². The molecule has 0 spiro atoms. The van der Waals surface area contributed by atoms with Crippen LogP contribution in [0.3, 0.4) is 0 Å². The highest BCUT2D eigenvalue weighted by Gasteiger charge is 2.08. The van der Waals surface area contributed by atoms with E-state index in [1.54, 1.807) is 24.3 Å². The Kier molecular flexibility index (Phi) is 3.91. The van der Waals surface area contributed by atoms with E-state index in [0.29, 0.717) is 24.4 Å². The second-order valence-electron chi connectivity index (χ2n) is 4.73. The second kappa shape index (κ2) is 6.17. The number of benzene rings is 2. The van der Waals surface area contributed by atoms with Crippen molar-refractivity contribution >= 4 is 22.8 Å². The van der Waals surface area contributed by atoms with Gasteiger partial charge in [0.05, 0.1) is 5.52 Å². The minimum Gasteiger partial charge on any atom is -0.408 e. The fourth-order valence-corrected chi connectivity index (χ4v) is 2.20. The van der Waals surface area contributed by atoms with Gasteiger partial charge in [-0.2, -0.15) is 0 Å². The standard InChI is InChI=1S/C16H15N3O3/c20-15(18-12-6-2-1-3-7-12)17-10-11-19-13-8-4-5-9-14(13)22-16(19)21/h1-9H,10-11H2,(H2,17,18,20). The van der Waals surface area contributed by atoms with Gasteiger partial charge in [-0.3, -0.25) is 4.57 Å². The number of nitrogens with zero attached hydrogens (tertiary/aromatic N) is 1. The molecule has 3 rings (SSSR count). The minimum absolute atomic E-state index is 0.313. The van der Waals surface area contributed by atoms with Crippen molar-refractivity contribution in [3.63, 3.8) is 0 Å². The number of fused-ring (bicyclic) bond motifs is 1. The first kappa shape index (κ1) is 13.9. The summed E-state index contributed by atoms with van der Waals surface area (Å²) in [6.45, 7) is 0.667. The molecule has 1 aromatic heterocycles. The highest BCUT2D eigenvalue weighted by atomic mass is 16.4. The summed E-state index contributed by atoms with van der Waals surface area (Å²) in [5, 5.41) is 5.42. The van der Waals surface area contributed by atoms with Gasteiger partial charge in [0.2, 0.25) is 0 Å². The molecule has 22 heavy (non-hydrogen) atoms. The number of nitrogens with one attached hydrogen (secondary N) is 2. The Morgan fingerprint density at radius 3 is 2.59 bits per heavy atom. The summed E-state index contributed by atoms with van der Waals surface area (Å²) in [5.74, 6) is -0.425. The van der Waals surface area contributed by atoms with Crippen molar-refractivity contribution in [3.05, 3.63) is 65.1 Å². The van der Waals surface area contributed by atoms with Gasteiger partial charge in [0.15, 0.2) is 5.58 Å². The summed E-state index contributed by atoms with van der Waals surface area (Å²) in [6.07, 6.45) is 0. The van der Waals surface area contributed by atoms with Crippen LogP contribution in [-0.2, 0) is 6.54 Å². The first-order valence-electron chi connectivity index (χ1n) is 6.92. The molecule has 0 aliphatic heterocycles. The second-order valence-corrected chi connectivity index (χ2v) is 4.73. The van der Waals surface area contributed by atoms with Gasteiger partial charge >= 0.3 is 11.8 Å². The molecular formula is C16H15N3O3. The summed E-state index contributed by atoms with van der Waals surface area (Å²) in [4.78, 5) is 23.5. The Labute approximate surface area is 126 Å². The first-order chi connectivity index (χ1) is 10.7. The number of hydrogen-bond donors (Lipinski definition) is 2. The highest BCUT2D eigenvalue weighted by Crippen LogP contribution is 2.11. The molecule has 112 valence electrons. The molecule has 6 nitrogen and oxygen atoms in total. The maximum absolute atomic E-state index is 11.8. The zero-order valence-corrected chi connectivity index (χ0v) is 11.8. The smallest absolute Gasteiger partial charge is 0.408 e. The molecule has 6 heteroatoms. The Morgan fingerprint density at radius 1 is 1.05 bits per heavy atom. The lowest BCUT2D eigenvalue weighted by atomic mass is 10.3. The molecule has 2 aromatic carbocycles. The lowest BCUT2D eigenvalue weighted by Gasteiger charge is -2.07. The van der Waals surface area contributed by atoms with Crippen LogP contribution >= 0.6 is 0 Å². The molecule has 2 amide bonds. The van der Waals surface area contributed by atoms with Crippen molar-refractivity contribution in [2.24, 2.45) is 0 Å². The first-order valence-corrected chi connectivity index (χ1v) is 6.92. The molecule has 0 bridgehead atoms. The van der Waals surface area contributed by atoms with E-state index in [9.17, 15) is 9.59 Å². The molecule has 2 N–H and O–H groups in total. The van der Waals surface area contributed by atoms with Crippen LogP contribution < -0.4 is 16.4 Å². The van der Waals surface area contributed by atoms with Gasteiger partial charge in [0.1, 0.15) is 0 Å². The van der Waals surface area contributed by atoms with Gasteiger partial charge in [-0.05, 0) is 24.3 Å². The van der Waals surface area contributed by atoms with Crippen LogP contribution in [-0.4, -0.2) is 17.1 Å². The van der Waals surface area contributed by atoms with E-state index in [4.69, 9.17) is 4.42 Å². The maximum Gasteiger partial charge on any atom is 0.420 e. The van der Waals surface area contributed by atoms with Crippen molar-refractivity contribution in [3.8, 4) is 0 Å². The summed E-state index contributed by atoms with van der Waals surface area (Å²) >= 11 is 0. The number of aromatic nitrogens is 1. The number of oxazole rings is 1. The Hall–Kier alpha value is -3.02. The molecule has 0 radical (unpaired) electrons. The highest BCUT2D eigenvalue weighted by molar-refractivity contribution is 5.89. The van der Waals surface area contributed by atoms with Gasteiger partial charge in [-0.15, -0.1) is 0 Å². The van der Waals surface area contributed by atoms with Gasteiger partial charge in [0.25, 0.3) is 0 Å². The largest absolute Gasteiger partial charge is 0.420 e. The molecule has 0 saturated carbocycles. The molecular weight excluding hydrogens is 282 g/mol. The number of para-hydroxylation sites is 3. The average Bonchev–Trinajstić information content (AvgIpc) is 2.84. The van der Waals surface area contributed by atoms with Crippen LogP contribution in [0.5, 0.6) is 0 Å². The van der Waals surface area contributed by atoms with Crippen LogP contribution in [0.2, 0.25) is 0 Å². The Balaban J connectivity index is 1.59. The van der Waals surface area contributed by atoms with Crippen LogP contribution in [0, 0.1) is 0 Å². The number of rotatable bonds is 4. The normalized spacial score (nSPS) is 10.5. The van der Waals surface area contributed by atoms with E-state index < -0.39 is 5.76 Å². The van der Waals surface area contributed by atoms with E-state index in [0.717, 1.165) is 5.52 Å². The molecule has 0 saturated heterocycles. The maximum atomic E-state index is 11.8. The molecule has 0 unspecified atom stereocenters. The fraction of sp³-hybridized carbons (Fsp3) is 0.125. The summed E-state index contributed by atoms with van der Waals surface area (Å²) < 4.78 is 6.63. The average molecular weight is 297 g/mol. The van der Waals surface area contributed by atoms with Crippen molar-refractivity contribution in [1.29, 1.82) is 0 Å². The van der Waals surface area contributed by atoms with E-state index >= 15 is 0 Å². The number of urea groups is 1. The molecule has 0 atom stereocenters.